The number of phenolic OH excluding ortho intramolecular Hbond substituents is 1. The van der Waals surface area contributed by atoms with Gasteiger partial charge in [-0.05, 0) is 12.1 Å². The zero-order valence-electron chi connectivity index (χ0n) is 7.95. The Morgan fingerprint density at radius 2 is 2.25 bits per heavy atom. The number of phenols is 1. The van der Waals surface area contributed by atoms with Crippen molar-refractivity contribution in [2.45, 2.75) is 0 Å². The van der Waals surface area contributed by atoms with Gasteiger partial charge in [-0.15, -0.1) is 11.3 Å². The van der Waals surface area contributed by atoms with Gasteiger partial charge in [-0.3, -0.25) is 10.1 Å². The highest BCUT2D eigenvalue weighted by Crippen LogP contribution is 2.33. The van der Waals surface area contributed by atoms with E-state index in [4.69, 9.17) is 5.73 Å². The van der Waals surface area contributed by atoms with Gasteiger partial charge < -0.3 is 10.8 Å². The second-order valence-electron chi connectivity index (χ2n) is 3.03. The van der Waals surface area contributed by atoms with Crippen molar-refractivity contribution in [1.29, 1.82) is 0 Å². The molecule has 82 valence electrons. The Hall–Kier alpha value is -2.15. The van der Waals surface area contributed by atoms with Gasteiger partial charge in [0.15, 0.2) is 5.13 Å². The molecule has 1 aromatic heterocycles. The third-order valence-corrected chi connectivity index (χ3v) is 2.65. The highest BCUT2D eigenvalue weighted by Gasteiger charge is 2.17. The standard InChI is InChI=1S/C9H7N3O3S/c10-9-11-7(4-16-9)6-3-5(13)1-2-8(6)12(14)15/h1-4,13H,(H2,10,11). The highest BCUT2D eigenvalue weighted by molar-refractivity contribution is 7.13. The first-order valence-electron chi connectivity index (χ1n) is 4.26. The van der Waals surface area contributed by atoms with E-state index in [2.05, 4.69) is 4.98 Å². The molecule has 0 radical (unpaired) electrons. The summed E-state index contributed by atoms with van der Waals surface area (Å²) in [4.78, 5) is 14.2. The van der Waals surface area contributed by atoms with Gasteiger partial charge in [-0.1, -0.05) is 0 Å². The summed E-state index contributed by atoms with van der Waals surface area (Å²) in [6.07, 6.45) is 0. The molecule has 0 spiro atoms. The summed E-state index contributed by atoms with van der Waals surface area (Å²) in [6, 6.07) is 3.80. The predicted molar refractivity (Wildman–Crippen MR) is 60.3 cm³/mol. The van der Waals surface area contributed by atoms with Crippen LogP contribution in [-0.2, 0) is 0 Å². The molecule has 0 aliphatic rings. The number of aromatic nitrogens is 1. The van der Waals surface area contributed by atoms with Crippen molar-refractivity contribution < 1.29 is 10.0 Å². The topological polar surface area (TPSA) is 102 Å². The van der Waals surface area contributed by atoms with Crippen LogP contribution < -0.4 is 5.73 Å². The van der Waals surface area contributed by atoms with Crippen LogP contribution in [0.4, 0.5) is 10.8 Å². The van der Waals surface area contributed by atoms with E-state index in [1.807, 2.05) is 0 Å². The summed E-state index contributed by atoms with van der Waals surface area (Å²) in [5.74, 6) is -0.0489. The number of nitrogens with two attached hydrogens (primary N) is 1. The number of hydrogen-bond donors (Lipinski definition) is 2. The molecule has 2 aromatic rings. The van der Waals surface area contributed by atoms with E-state index in [-0.39, 0.29) is 17.0 Å². The fraction of sp³-hybridized carbons (Fsp3) is 0. The maximum absolute atomic E-state index is 10.8. The Morgan fingerprint density at radius 3 is 2.81 bits per heavy atom. The van der Waals surface area contributed by atoms with Gasteiger partial charge in [0, 0.05) is 11.4 Å². The Balaban J connectivity index is 2.62. The molecular formula is C9H7N3O3S. The SMILES string of the molecule is Nc1nc(-c2cc(O)ccc2[N+](=O)[O-])cs1. The molecule has 0 atom stereocenters. The minimum absolute atomic E-state index is 0.0489. The highest BCUT2D eigenvalue weighted by atomic mass is 32.1. The number of nitro benzene ring substituents is 1. The molecule has 0 fully saturated rings. The number of aromatic hydroxyl groups is 1. The maximum atomic E-state index is 10.8. The summed E-state index contributed by atoms with van der Waals surface area (Å²) in [5.41, 5.74) is 6.00. The second kappa shape index (κ2) is 3.78. The maximum Gasteiger partial charge on any atom is 0.279 e. The Morgan fingerprint density at radius 1 is 1.50 bits per heavy atom. The van der Waals surface area contributed by atoms with Crippen LogP contribution in [0.25, 0.3) is 11.3 Å². The Bertz CT molecular complexity index is 553. The van der Waals surface area contributed by atoms with E-state index in [0.717, 1.165) is 0 Å². The van der Waals surface area contributed by atoms with Crippen molar-refractivity contribution in [3.8, 4) is 17.0 Å². The van der Waals surface area contributed by atoms with Crippen LogP contribution in [0.3, 0.4) is 0 Å². The Labute approximate surface area is 94.1 Å². The molecule has 3 N–H and O–H groups in total. The van der Waals surface area contributed by atoms with E-state index < -0.39 is 4.92 Å². The number of hydrogen-bond acceptors (Lipinski definition) is 6. The van der Waals surface area contributed by atoms with Gasteiger partial charge in [-0.2, -0.15) is 0 Å². The van der Waals surface area contributed by atoms with Crippen LogP contribution >= 0.6 is 11.3 Å². The third-order valence-electron chi connectivity index (χ3n) is 1.97. The van der Waals surface area contributed by atoms with Crippen LogP contribution in [0.15, 0.2) is 23.6 Å². The molecule has 1 heterocycles. The van der Waals surface area contributed by atoms with Crippen molar-refractivity contribution in [2.24, 2.45) is 0 Å². The van der Waals surface area contributed by atoms with Crippen molar-refractivity contribution in [3.63, 3.8) is 0 Å². The number of anilines is 1. The lowest BCUT2D eigenvalue weighted by atomic mass is 10.1. The minimum Gasteiger partial charge on any atom is -0.508 e. The lowest BCUT2D eigenvalue weighted by Gasteiger charge is -2.00. The summed E-state index contributed by atoms with van der Waals surface area (Å²) in [7, 11) is 0. The zero-order chi connectivity index (χ0) is 11.7. The van der Waals surface area contributed by atoms with Gasteiger partial charge in [0.1, 0.15) is 5.75 Å². The average Bonchev–Trinajstić information content (AvgIpc) is 2.64. The van der Waals surface area contributed by atoms with Crippen molar-refractivity contribution in [3.05, 3.63) is 33.7 Å². The van der Waals surface area contributed by atoms with Crippen LogP contribution in [0.1, 0.15) is 0 Å². The third kappa shape index (κ3) is 1.80. The molecule has 1 aromatic carbocycles. The van der Waals surface area contributed by atoms with E-state index >= 15 is 0 Å². The number of benzene rings is 1. The first-order chi connectivity index (χ1) is 7.58. The molecule has 6 nitrogen and oxygen atoms in total. The molecule has 0 saturated heterocycles. The average molecular weight is 237 g/mol. The number of thiazole rings is 1. The van der Waals surface area contributed by atoms with Crippen LogP contribution in [0.2, 0.25) is 0 Å². The van der Waals surface area contributed by atoms with E-state index in [1.165, 1.54) is 29.5 Å². The molecule has 0 amide bonds. The van der Waals surface area contributed by atoms with Crippen LogP contribution in [0.5, 0.6) is 5.75 Å². The quantitative estimate of drug-likeness (QED) is 0.614. The van der Waals surface area contributed by atoms with E-state index in [9.17, 15) is 15.2 Å². The predicted octanol–water partition coefficient (Wildman–Crippen LogP) is 2.01. The largest absolute Gasteiger partial charge is 0.508 e. The number of nitrogens with zero attached hydrogens (tertiary/aromatic N) is 2. The Kier molecular flexibility index (Phi) is 2.45. The molecule has 16 heavy (non-hydrogen) atoms. The molecule has 0 bridgehead atoms. The van der Waals surface area contributed by atoms with E-state index in [0.29, 0.717) is 10.8 Å². The molecule has 0 aliphatic heterocycles. The molecule has 0 saturated carbocycles. The number of nitrogen functional groups attached to an aromatic ring is 1. The van der Waals surface area contributed by atoms with Crippen LogP contribution in [-0.4, -0.2) is 15.0 Å². The molecule has 7 heteroatoms. The van der Waals surface area contributed by atoms with Gasteiger partial charge in [-0.25, -0.2) is 4.98 Å². The lowest BCUT2D eigenvalue weighted by Crippen LogP contribution is -1.92. The molecular weight excluding hydrogens is 230 g/mol. The smallest absolute Gasteiger partial charge is 0.279 e. The first kappa shape index (κ1) is 10.4. The van der Waals surface area contributed by atoms with Gasteiger partial charge >= 0.3 is 0 Å². The van der Waals surface area contributed by atoms with Crippen molar-refractivity contribution >= 4 is 22.2 Å². The lowest BCUT2D eigenvalue weighted by molar-refractivity contribution is -0.384. The number of nitro groups is 1. The summed E-state index contributed by atoms with van der Waals surface area (Å²) >= 11 is 1.19. The summed E-state index contributed by atoms with van der Waals surface area (Å²) in [6.45, 7) is 0. The van der Waals surface area contributed by atoms with Gasteiger partial charge in [0.05, 0.1) is 16.2 Å². The molecule has 0 aliphatic carbocycles. The summed E-state index contributed by atoms with van der Waals surface area (Å²) in [5, 5.41) is 22.0. The molecule has 2 rings (SSSR count). The fourth-order valence-electron chi connectivity index (χ4n) is 1.30. The second-order valence-corrected chi connectivity index (χ2v) is 3.92. The monoisotopic (exact) mass is 237 g/mol. The number of rotatable bonds is 2. The fourth-order valence-corrected chi connectivity index (χ4v) is 1.86. The van der Waals surface area contributed by atoms with E-state index in [1.54, 1.807) is 5.38 Å². The van der Waals surface area contributed by atoms with Crippen LogP contribution in [0, 0.1) is 10.1 Å². The molecule has 0 unspecified atom stereocenters. The van der Waals surface area contributed by atoms with Crippen molar-refractivity contribution in [2.75, 3.05) is 5.73 Å². The summed E-state index contributed by atoms with van der Waals surface area (Å²) < 4.78 is 0. The normalized spacial score (nSPS) is 10.2. The zero-order valence-corrected chi connectivity index (χ0v) is 8.77. The minimum atomic E-state index is -0.524. The van der Waals surface area contributed by atoms with Gasteiger partial charge in [0.25, 0.3) is 5.69 Å². The first-order valence-corrected chi connectivity index (χ1v) is 5.14. The van der Waals surface area contributed by atoms with Gasteiger partial charge in [0.2, 0.25) is 0 Å². The van der Waals surface area contributed by atoms with Crippen molar-refractivity contribution in [1.82, 2.24) is 4.98 Å².